The Hall–Kier alpha value is -3.27. The number of hydrogen-bond acceptors (Lipinski definition) is 3. The summed E-state index contributed by atoms with van der Waals surface area (Å²) in [6, 6.07) is 24.3. The summed E-state index contributed by atoms with van der Waals surface area (Å²) in [6.45, 7) is 7.42. The fourth-order valence-electron chi connectivity index (χ4n) is 3.17. The minimum absolute atomic E-state index is 0.0448. The van der Waals surface area contributed by atoms with Crippen LogP contribution in [0, 0.1) is 12.8 Å². The third-order valence-electron chi connectivity index (χ3n) is 4.65. The number of anilines is 2. The second-order valence-corrected chi connectivity index (χ2v) is 8.00. The number of nitrogens with one attached hydrogen (secondary N) is 2. The fraction of sp³-hybridized carbons (Fsp3) is 0.269. The number of carbonyl (C=O) groups excluding carboxylic acids is 1. The van der Waals surface area contributed by atoms with Crippen molar-refractivity contribution in [3.8, 4) is 5.75 Å². The summed E-state index contributed by atoms with van der Waals surface area (Å²) in [6.07, 6.45) is 0.524. The van der Waals surface area contributed by atoms with Gasteiger partial charge in [0.2, 0.25) is 5.91 Å². The highest BCUT2D eigenvalue weighted by atomic mass is 16.5. The fourth-order valence-corrected chi connectivity index (χ4v) is 3.17. The van der Waals surface area contributed by atoms with Crippen LogP contribution >= 0.6 is 0 Å². The Kier molecular flexibility index (Phi) is 7.50. The Morgan fingerprint density at radius 3 is 2.37 bits per heavy atom. The number of ether oxygens (including phenoxy) is 1. The van der Waals surface area contributed by atoms with Gasteiger partial charge in [0.25, 0.3) is 0 Å². The van der Waals surface area contributed by atoms with E-state index >= 15 is 0 Å². The number of aryl methyl sites for hydroxylation is 1. The first-order valence-corrected chi connectivity index (χ1v) is 10.4. The van der Waals surface area contributed by atoms with Crippen molar-refractivity contribution in [1.29, 1.82) is 0 Å². The van der Waals surface area contributed by atoms with Crippen molar-refractivity contribution < 1.29 is 9.53 Å². The van der Waals surface area contributed by atoms with E-state index in [4.69, 9.17) is 4.74 Å². The molecular formula is C26H30N2O2. The maximum atomic E-state index is 12.0. The van der Waals surface area contributed by atoms with Gasteiger partial charge in [0.1, 0.15) is 12.4 Å². The lowest BCUT2D eigenvalue weighted by Crippen LogP contribution is -2.13. The average Bonchev–Trinajstić information content (AvgIpc) is 2.71. The van der Waals surface area contributed by atoms with Crippen molar-refractivity contribution in [2.24, 2.45) is 5.92 Å². The van der Waals surface area contributed by atoms with Crippen LogP contribution in [0.1, 0.15) is 37.0 Å². The van der Waals surface area contributed by atoms with Gasteiger partial charge in [0.15, 0.2) is 0 Å². The molecule has 4 heteroatoms. The molecule has 3 rings (SSSR count). The molecule has 4 nitrogen and oxygen atoms in total. The molecule has 3 aromatic carbocycles. The van der Waals surface area contributed by atoms with Crippen molar-refractivity contribution >= 4 is 17.3 Å². The van der Waals surface area contributed by atoms with Gasteiger partial charge in [-0.05, 0) is 54.3 Å². The zero-order valence-electron chi connectivity index (χ0n) is 17.9. The first-order chi connectivity index (χ1) is 14.5. The number of amides is 1. The second kappa shape index (κ2) is 10.5. The highest BCUT2D eigenvalue weighted by molar-refractivity contribution is 5.91. The smallest absolute Gasteiger partial charge is 0.224 e. The van der Waals surface area contributed by atoms with E-state index in [1.165, 1.54) is 11.1 Å². The molecule has 0 radical (unpaired) electrons. The molecular weight excluding hydrogens is 372 g/mol. The topological polar surface area (TPSA) is 50.4 Å². The molecule has 3 aromatic rings. The van der Waals surface area contributed by atoms with E-state index in [1.54, 1.807) is 0 Å². The molecule has 0 unspecified atom stereocenters. The minimum Gasteiger partial charge on any atom is -0.489 e. The van der Waals surface area contributed by atoms with Crippen molar-refractivity contribution in [3.63, 3.8) is 0 Å². The molecule has 1 amide bonds. The summed E-state index contributed by atoms with van der Waals surface area (Å²) in [5, 5.41) is 6.36. The summed E-state index contributed by atoms with van der Waals surface area (Å²) >= 11 is 0. The summed E-state index contributed by atoms with van der Waals surface area (Å²) in [5.41, 5.74) is 5.34. The summed E-state index contributed by atoms with van der Waals surface area (Å²) in [4.78, 5) is 12.0. The molecule has 0 heterocycles. The van der Waals surface area contributed by atoms with Crippen molar-refractivity contribution in [2.75, 3.05) is 10.6 Å². The molecule has 0 bridgehead atoms. The molecule has 0 aliphatic carbocycles. The predicted molar refractivity (Wildman–Crippen MR) is 124 cm³/mol. The van der Waals surface area contributed by atoms with Gasteiger partial charge < -0.3 is 15.4 Å². The van der Waals surface area contributed by atoms with E-state index in [9.17, 15) is 4.79 Å². The zero-order chi connectivity index (χ0) is 21.3. The summed E-state index contributed by atoms with van der Waals surface area (Å²) in [7, 11) is 0. The maximum absolute atomic E-state index is 12.0. The predicted octanol–water partition coefficient (Wildman–Crippen LogP) is 6.17. The number of rotatable bonds is 9. The first kappa shape index (κ1) is 21.4. The van der Waals surface area contributed by atoms with Gasteiger partial charge in [-0.15, -0.1) is 0 Å². The van der Waals surface area contributed by atoms with E-state index < -0.39 is 0 Å². The zero-order valence-corrected chi connectivity index (χ0v) is 17.9. The van der Waals surface area contributed by atoms with Crippen LogP contribution in [0.3, 0.4) is 0 Å². The molecule has 0 atom stereocenters. The van der Waals surface area contributed by atoms with Gasteiger partial charge >= 0.3 is 0 Å². The van der Waals surface area contributed by atoms with Crippen molar-refractivity contribution in [2.45, 2.75) is 40.3 Å². The van der Waals surface area contributed by atoms with E-state index in [0.717, 1.165) is 22.7 Å². The Labute approximate surface area is 179 Å². The number of benzene rings is 3. The SMILES string of the molecule is Cc1cccc(COc2ccc(CNc3cccc(NC(=O)CC(C)C)c3)cc2)c1. The summed E-state index contributed by atoms with van der Waals surface area (Å²) in [5.74, 6) is 1.24. The highest BCUT2D eigenvalue weighted by Crippen LogP contribution is 2.19. The van der Waals surface area contributed by atoms with Crippen LogP contribution in [-0.4, -0.2) is 5.91 Å². The van der Waals surface area contributed by atoms with Gasteiger partial charge in [-0.25, -0.2) is 0 Å². The van der Waals surface area contributed by atoms with E-state index in [0.29, 0.717) is 25.5 Å². The standard InChI is InChI=1S/C26H30N2O2/c1-19(2)14-26(29)28-24-9-5-8-23(16-24)27-17-21-10-12-25(13-11-21)30-18-22-7-4-6-20(3)15-22/h4-13,15-16,19,27H,14,17-18H2,1-3H3,(H,28,29). The van der Waals surface area contributed by atoms with Crippen molar-refractivity contribution in [3.05, 3.63) is 89.5 Å². The Bertz CT molecular complexity index is 965. The number of hydrogen-bond donors (Lipinski definition) is 2. The minimum atomic E-state index is 0.0448. The Morgan fingerprint density at radius 1 is 0.900 bits per heavy atom. The lowest BCUT2D eigenvalue weighted by atomic mass is 10.1. The van der Waals surface area contributed by atoms with Gasteiger partial charge in [-0.3, -0.25) is 4.79 Å². The Morgan fingerprint density at radius 2 is 1.63 bits per heavy atom. The van der Waals surface area contributed by atoms with Gasteiger partial charge in [-0.1, -0.05) is 61.9 Å². The molecule has 0 saturated heterocycles. The van der Waals surface area contributed by atoms with Crippen LogP contribution in [0.4, 0.5) is 11.4 Å². The largest absolute Gasteiger partial charge is 0.489 e. The quantitative estimate of drug-likeness (QED) is 0.450. The highest BCUT2D eigenvalue weighted by Gasteiger charge is 2.06. The monoisotopic (exact) mass is 402 g/mol. The normalized spacial score (nSPS) is 10.7. The van der Waals surface area contributed by atoms with Gasteiger partial charge in [0, 0.05) is 24.3 Å². The van der Waals surface area contributed by atoms with Gasteiger partial charge in [-0.2, -0.15) is 0 Å². The van der Waals surface area contributed by atoms with Gasteiger partial charge in [0.05, 0.1) is 0 Å². The summed E-state index contributed by atoms with van der Waals surface area (Å²) < 4.78 is 5.88. The third kappa shape index (κ3) is 6.96. The molecule has 0 aliphatic rings. The Balaban J connectivity index is 1.50. The van der Waals surface area contributed by atoms with Crippen LogP contribution in [0.25, 0.3) is 0 Å². The second-order valence-electron chi connectivity index (χ2n) is 8.00. The van der Waals surface area contributed by atoms with Crippen LogP contribution in [-0.2, 0) is 17.9 Å². The van der Waals surface area contributed by atoms with E-state index in [2.05, 4.69) is 47.9 Å². The third-order valence-corrected chi connectivity index (χ3v) is 4.65. The molecule has 30 heavy (non-hydrogen) atoms. The molecule has 0 aromatic heterocycles. The number of carbonyl (C=O) groups is 1. The molecule has 0 spiro atoms. The lowest BCUT2D eigenvalue weighted by molar-refractivity contribution is -0.116. The van der Waals surface area contributed by atoms with Crippen LogP contribution in [0.5, 0.6) is 5.75 Å². The van der Waals surface area contributed by atoms with Crippen molar-refractivity contribution in [1.82, 2.24) is 0 Å². The van der Waals surface area contributed by atoms with Crippen LogP contribution < -0.4 is 15.4 Å². The molecule has 0 saturated carbocycles. The molecule has 0 fully saturated rings. The van der Waals surface area contributed by atoms with Crippen LogP contribution in [0.2, 0.25) is 0 Å². The molecule has 0 aliphatic heterocycles. The average molecular weight is 403 g/mol. The maximum Gasteiger partial charge on any atom is 0.224 e. The lowest BCUT2D eigenvalue weighted by Gasteiger charge is -2.11. The van der Waals surface area contributed by atoms with E-state index in [-0.39, 0.29) is 5.91 Å². The molecule has 156 valence electrons. The van der Waals surface area contributed by atoms with E-state index in [1.807, 2.05) is 56.3 Å². The van der Waals surface area contributed by atoms with Crippen LogP contribution in [0.15, 0.2) is 72.8 Å². The molecule has 2 N–H and O–H groups in total. The first-order valence-electron chi connectivity index (χ1n) is 10.4.